The Morgan fingerprint density at radius 1 is 1.08 bits per heavy atom. The zero-order chi connectivity index (χ0) is 18.4. The minimum atomic E-state index is -0.182. The van der Waals surface area contributed by atoms with E-state index in [2.05, 4.69) is 16.0 Å². The van der Waals surface area contributed by atoms with Crippen LogP contribution in [0.4, 0.5) is 11.4 Å². The molecule has 0 spiro atoms. The SMILES string of the molecule is Cc1c(Cl)cccc1NCC(=O)Nc1ccc(C(=O)NC(C)C)cc1. The maximum Gasteiger partial charge on any atom is 0.251 e. The fraction of sp³-hybridized carbons (Fsp3) is 0.263. The molecule has 3 N–H and O–H groups in total. The second-order valence-electron chi connectivity index (χ2n) is 6.02. The smallest absolute Gasteiger partial charge is 0.251 e. The Morgan fingerprint density at radius 3 is 2.40 bits per heavy atom. The molecule has 0 saturated heterocycles. The molecule has 0 bridgehead atoms. The Balaban J connectivity index is 1.90. The van der Waals surface area contributed by atoms with E-state index in [9.17, 15) is 9.59 Å². The summed E-state index contributed by atoms with van der Waals surface area (Å²) in [6, 6.07) is 12.4. The standard InChI is InChI=1S/C19H22ClN3O2/c1-12(2)22-19(25)14-7-9-15(10-8-14)23-18(24)11-21-17-6-4-5-16(20)13(17)3/h4-10,12,21H,11H2,1-3H3,(H,22,25)(H,23,24). The second kappa shape index (κ2) is 8.53. The molecule has 2 rings (SSSR count). The van der Waals surface area contributed by atoms with Crippen molar-refractivity contribution in [1.82, 2.24) is 5.32 Å². The van der Waals surface area contributed by atoms with E-state index in [0.29, 0.717) is 16.3 Å². The van der Waals surface area contributed by atoms with E-state index in [1.54, 1.807) is 30.3 Å². The van der Waals surface area contributed by atoms with Crippen molar-refractivity contribution in [1.29, 1.82) is 0 Å². The molecule has 0 atom stereocenters. The van der Waals surface area contributed by atoms with Gasteiger partial charge >= 0.3 is 0 Å². The lowest BCUT2D eigenvalue weighted by molar-refractivity contribution is -0.114. The van der Waals surface area contributed by atoms with E-state index >= 15 is 0 Å². The molecule has 6 heteroatoms. The molecule has 0 heterocycles. The van der Waals surface area contributed by atoms with Crippen LogP contribution in [0.1, 0.15) is 29.8 Å². The maximum absolute atomic E-state index is 12.1. The van der Waals surface area contributed by atoms with Crippen molar-refractivity contribution in [2.45, 2.75) is 26.8 Å². The molecule has 0 aliphatic rings. The lowest BCUT2D eigenvalue weighted by Gasteiger charge is -2.11. The van der Waals surface area contributed by atoms with Gasteiger partial charge in [0.05, 0.1) is 6.54 Å². The Morgan fingerprint density at radius 2 is 1.76 bits per heavy atom. The van der Waals surface area contributed by atoms with Crippen LogP contribution in [0.5, 0.6) is 0 Å². The summed E-state index contributed by atoms with van der Waals surface area (Å²) in [5.41, 5.74) is 2.91. The number of anilines is 2. The zero-order valence-corrected chi connectivity index (χ0v) is 15.3. The largest absolute Gasteiger partial charge is 0.376 e. The molecule has 25 heavy (non-hydrogen) atoms. The van der Waals surface area contributed by atoms with Crippen LogP contribution in [-0.2, 0) is 4.79 Å². The molecule has 0 aliphatic heterocycles. The van der Waals surface area contributed by atoms with Gasteiger partial charge in [-0.25, -0.2) is 0 Å². The predicted molar refractivity (Wildman–Crippen MR) is 102 cm³/mol. The Kier molecular flexibility index (Phi) is 6.42. The highest BCUT2D eigenvalue weighted by molar-refractivity contribution is 6.31. The van der Waals surface area contributed by atoms with Gasteiger partial charge in [0.15, 0.2) is 0 Å². The molecule has 0 aromatic heterocycles. The minimum absolute atomic E-state index is 0.0768. The quantitative estimate of drug-likeness (QED) is 0.734. The molecule has 2 aromatic rings. The van der Waals surface area contributed by atoms with Gasteiger partial charge in [0.2, 0.25) is 5.91 Å². The first-order valence-corrected chi connectivity index (χ1v) is 8.44. The van der Waals surface area contributed by atoms with Crippen molar-refractivity contribution >= 4 is 34.8 Å². The fourth-order valence-corrected chi connectivity index (χ4v) is 2.40. The van der Waals surface area contributed by atoms with Gasteiger partial charge in [0.1, 0.15) is 0 Å². The van der Waals surface area contributed by atoms with E-state index in [-0.39, 0.29) is 24.4 Å². The number of amides is 2. The summed E-state index contributed by atoms with van der Waals surface area (Å²) < 4.78 is 0. The van der Waals surface area contributed by atoms with E-state index in [1.807, 2.05) is 32.9 Å². The minimum Gasteiger partial charge on any atom is -0.376 e. The van der Waals surface area contributed by atoms with Gasteiger partial charge in [-0.2, -0.15) is 0 Å². The second-order valence-corrected chi connectivity index (χ2v) is 6.43. The summed E-state index contributed by atoms with van der Waals surface area (Å²) in [5, 5.41) is 9.33. The van der Waals surface area contributed by atoms with E-state index in [1.165, 1.54) is 0 Å². The average Bonchev–Trinajstić information content (AvgIpc) is 2.56. The molecule has 0 saturated carbocycles. The topological polar surface area (TPSA) is 70.2 Å². The summed E-state index contributed by atoms with van der Waals surface area (Å²) in [5.74, 6) is -0.315. The summed E-state index contributed by atoms with van der Waals surface area (Å²) >= 11 is 6.06. The van der Waals surface area contributed by atoms with Crippen molar-refractivity contribution in [3.05, 3.63) is 58.6 Å². The van der Waals surface area contributed by atoms with Crippen LogP contribution < -0.4 is 16.0 Å². The van der Waals surface area contributed by atoms with Gasteiger partial charge in [-0.1, -0.05) is 17.7 Å². The fourth-order valence-electron chi connectivity index (χ4n) is 2.23. The third kappa shape index (κ3) is 5.50. The van der Waals surface area contributed by atoms with Crippen LogP contribution in [0.3, 0.4) is 0 Å². The van der Waals surface area contributed by atoms with Crippen LogP contribution in [0.15, 0.2) is 42.5 Å². The van der Waals surface area contributed by atoms with Gasteiger partial charge in [-0.3, -0.25) is 9.59 Å². The Bertz CT molecular complexity index is 758. The van der Waals surface area contributed by atoms with Gasteiger partial charge in [0, 0.05) is 28.0 Å². The number of hydrogen-bond acceptors (Lipinski definition) is 3. The van der Waals surface area contributed by atoms with Gasteiger partial charge in [-0.05, 0) is 62.7 Å². The summed E-state index contributed by atoms with van der Waals surface area (Å²) in [6.45, 7) is 5.82. The summed E-state index contributed by atoms with van der Waals surface area (Å²) in [7, 11) is 0. The number of nitrogens with one attached hydrogen (secondary N) is 3. The van der Waals surface area contributed by atoms with Crippen LogP contribution in [0.25, 0.3) is 0 Å². The Hall–Kier alpha value is -2.53. The third-order valence-corrected chi connectivity index (χ3v) is 3.97. The summed E-state index contributed by atoms with van der Waals surface area (Å²) in [6.07, 6.45) is 0. The lowest BCUT2D eigenvalue weighted by atomic mass is 10.2. The van der Waals surface area contributed by atoms with Crippen LogP contribution >= 0.6 is 11.6 Å². The first-order valence-electron chi connectivity index (χ1n) is 8.06. The maximum atomic E-state index is 12.1. The molecule has 2 amide bonds. The van der Waals surface area contributed by atoms with Crippen molar-refractivity contribution in [2.75, 3.05) is 17.2 Å². The van der Waals surface area contributed by atoms with E-state index < -0.39 is 0 Å². The molecule has 0 radical (unpaired) electrons. The highest BCUT2D eigenvalue weighted by atomic mass is 35.5. The highest BCUT2D eigenvalue weighted by Crippen LogP contribution is 2.22. The van der Waals surface area contributed by atoms with E-state index in [4.69, 9.17) is 11.6 Å². The van der Waals surface area contributed by atoms with Gasteiger partial charge < -0.3 is 16.0 Å². The monoisotopic (exact) mass is 359 g/mol. The van der Waals surface area contributed by atoms with Crippen LogP contribution in [-0.4, -0.2) is 24.4 Å². The number of carbonyl (C=O) groups is 2. The van der Waals surface area contributed by atoms with Crippen molar-refractivity contribution in [2.24, 2.45) is 0 Å². The number of carbonyl (C=O) groups excluding carboxylic acids is 2. The number of halogens is 1. The molecular formula is C19H22ClN3O2. The van der Waals surface area contributed by atoms with Gasteiger partial charge in [-0.15, -0.1) is 0 Å². The lowest BCUT2D eigenvalue weighted by Crippen LogP contribution is -2.30. The van der Waals surface area contributed by atoms with Crippen molar-refractivity contribution < 1.29 is 9.59 Å². The normalized spacial score (nSPS) is 10.4. The number of hydrogen-bond donors (Lipinski definition) is 3. The van der Waals surface area contributed by atoms with Crippen LogP contribution in [0.2, 0.25) is 5.02 Å². The first kappa shape index (κ1) is 18.8. The zero-order valence-electron chi connectivity index (χ0n) is 14.5. The molecule has 0 fully saturated rings. The molecule has 0 aliphatic carbocycles. The molecule has 5 nitrogen and oxygen atoms in total. The highest BCUT2D eigenvalue weighted by Gasteiger charge is 2.08. The first-order chi connectivity index (χ1) is 11.9. The molecule has 132 valence electrons. The average molecular weight is 360 g/mol. The predicted octanol–water partition coefficient (Wildman–Crippen LogP) is 3.84. The summed E-state index contributed by atoms with van der Waals surface area (Å²) in [4.78, 5) is 23.9. The van der Waals surface area contributed by atoms with Crippen molar-refractivity contribution in [3.8, 4) is 0 Å². The molecule has 0 unspecified atom stereocenters. The van der Waals surface area contributed by atoms with E-state index in [0.717, 1.165) is 11.3 Å². The van der Waals surface area contributed by atoms with Crippen molar-refractivity contribution in [3.63, 3.8) is 0 Å². The third-order valence-electron chi connectivity index (χ3n) is 3.56. The van der Waals surface area contributed by atoms with Gasteiger partial charge in [0.25, 0.3) is 5.91 Å². The molecular weight excluding hydrogens is 338 g/mol. The number of benzene rings is 2. The Labute approximate surface area is 152 Å². The van der Waals surface area contributed by atoms with Crippen LogP contribution in [0, 0.1) is 6.92 Å². The molecule has 2 aromatic carbocycles. The number of rotatable bonds is 6.